The smallest absolute Gasteiger partial charge is 0.0393 e. The molecule has 2 nitrogen and oxygen atoms in total. The summed E-state index contributed by atoms with van der Waals surface area (Å²) in [5.41, 5.74) is 6.61. The Labute approximate surface area is 130 Å². The van der Waals surface area contributed by atoms with Gasteiger partial charge in [-0.2, -0.15) is 0 Å². The van der Waals surface area contributed by atoms with Crippen LogP contribution in [-0.2, 0) is 6.42 Å². The number of benzene rings is 2. The van der Waals surface area contributed by atoms with Crippen molar-refractivity contribution >= 4 is 27.8 Å². The minimum atomic E-state index is 0.850. The number of rotatable bonds is 4. The zero-order chi connectivity index (χ0) is 14.9. The number of thiophene rings is 1. The summed E-state index contributed by atoms with van der Waals surface area (Å²) in [5, 5.41) is 7.60. The summed E-state index contributed by atoms with van der Waals surface area (Å²) < 4.78 is 0. The summed E-state index contributed by atoms with van der Waals surface area (Å²) in [7, 11) is 1.99. The Morgan fingerprint density at radius 1 is 1.00 bits per heavy atom. The summed E-state index contributed by atoms with van der Waals surface area (Å²) in [5.74, 6) is 0. The Balaban J connectivity index is 0.000000155. The van der Waals surface area contributed by atoms with Gasteiger partial charge in [0.25, 0.3) is 0 Å². The molecule has 0 amide bonds. The summed E-state index contributed by atoms with van der Waals surface area (Å²) >= 11 is 1.85. The van der Waals surface area contributed by atoms with Crippen LogP contribution in [0.3, 0.4) is 0 Å². The highest BCUT2D eigenvalue weighted by Gasteiger charge is 1.93. The number of nitrogens with one attached hydrogen (secondary N) is 1. The van der Waals surface area contributed by atoms with Crippen molar-refractivity contribution in [2.45, 2.75) is 12.8 Å². The maximum absolute atomic E-state index is 5.76. The highest BCUT2D eigenvalue weighted by Crippen LogP contribution is 2.19. The van der Waals surface area contributed by atoms with Crippen molar-refractivity contribution in [1.29, 1.82) is 0 Å². The van der Waals surface area contributed by atoms with Crippen molar-refractivity contribution < 1.29 is 0 Å². The zero-order valence-electron chi connectivity index (χ0n) is 12.4. The monoisotopic (exact) mass is 298 g/mol. The molecule has 110 valence electrons. The lowest BCUT2D eigenvalue weighted by Gasteiger charge is -1.98. The number of nitrogen functional groups attached to an aromatic ring is 1. The predicted octanol–water partition coefficient (Wildman–Crippen LogP) is 4.32. The van der Waals surface area contributed by atoms with Gasteiger partial charge in [0.1, 0.15) is 0 Å². The summed E-state index contributed by atoms with van der Waals surface area (Å²) in [4.78, 5) is 1.50. The second kappa shape index (κ2) is 8.45. The Hall–Kier alpha value is -1.84. The van der Waals surface area contributed by atoms with Gasteiger partial charge >= 0.3 is 0 Å². The van der Waals surface area contributed by atoms with Crippen LogP contribution in [0, 0.1) is 0 Å². The van der Waals surface area contributed by atoms with E-state index in [1.165, 1.54) is 23.1 Å². The molecule has 21 heavy (non-hydrogen) atoms. The molecule has 0 spiro atoms. The normalized spacial score (nSPS) is 10.1. The average Bonchev–Trinajstić information content (AvgIpc) is 3.02. The molecule has 1 aromatic heterocycles. The molecule has 3 heteroatoms. The Bertz CT molecular complexity index is 642. The first-order valence-electron chi connectivity index (χ1n) is 7.21. The van der Waals surface area contributed by atoms with Crippen LogP contribution in [-0.4, -0.2) is 13.6 Å². The van der Waals surface area contributed by atoms with Crippen molar-refractivity contribution in [3.8, 4) is 0 Å². The topological polar surface area (TPSA) is 38.0 Å². The van der Waals surface area contributed by atoms with Gasteiger partial charge in [0.2, 0.25) is 0 Å². The lowest BCUT2D eigenvalue weighted by molar-refractivity contribution is 0.729. The van der Waals surface area contributed by atoms with Crippen LogP contribution in [0.25, 0.3) is 10.8 Å². The first-order valence-corrected chi connectivity index (χ1v) is 8.09. The van der Waals surface area contributed by atoms with Crippen LogP contribution >= 0.6 is 11.3 Å². The van der Waals surface area contributed by atoms with Crippen molar-refractivity contribution in [1.82, 2.24) is 5.32 Å². The molecule has 2 aromatic carbocycles. The van der Waals surface area contributed by atoms with Gasteiger partial charge in [0.05, 0.1) is 0 Å². The number of aryl methyl sites for hydroxylation is 1. The van der Waals surface area contributed by atoms with E-state index in [-0.39, 0.29) is 0 Å². The molecule has 0 aliphatic heterocycles. The van der Waals surface area contributed by atoms with Gasteiger partial charge in [-0.1, -0.05) is 42.5 Å². The van der Waals surface area contributed by atoms with E-state index < -0.39 is 0 Å². The van der Waals surface area contributed by atoms with Gasteiger partial charge in [-0.05, 0) is 49.3 Å². The predicted molar refractivity (Wildman–Crippen MR) is 94.9 cm³/mol. The van der Waals surface area contributed by atoms with Crippen molar-refractivity contribution in [2.24, 2.45) is 0 Å². The van der Waals surface area contributed by atoms with Crippen LogP contribution in [0.2, 0.25) is 0 Å². The molecule has 0 bridgehead atoms. The molecule has 0 saturated heterocycles. The SMILES string of the molecule is CNCCCc1cccs1.Nc1cccc2ccccc12. The third kappa shape index (κ3) is 4.88. The summed E-state index contributed by atoms with van der Waals surface area (Å²) in [6.45, 7) is 1.12. The summed E-state index contributed by atoms with van der Waals surface area (Å²) in [6, 6.07) is 18.4. The van der Waals surface area contributed by atoms with Crippen molar-refractivity contribution in [2.75, 3.05) is 19.3 Å². The Morgan fingerprint density at radius 2 is 1.81 bits per heavy atom. The number of nitrogens with two attached hydrogens (primary N) is 1. The molecule has 0 aliphatic rings. The lowest BCUT2D eigenvalue weighted by Crippen LogP contribution is -2.07. The number of anilines is 1. The molecular weight excluding hydrogens is 276 g/mol. The van der Waals surface area contributed by atoms with Crippen molar-refractivity contribution in [3.05, 3.63) is 64.9 Å². The maximum Gasteiger partial charge on any atom is 0.0393 e. The van der Waals surface area contributed by atoms with E-state index in [4.69, 9.17) is 5.73 Å². The zero-order valence-corrected chi connectivity index (χ0v) is 13.2. The minimum Gasteiger partial charge on any atom is -0.398 e. The van der Waals surface area contributed by atoms with E-state index in [0.717, 1.165) is 17.6 Å². The first-order chi connectivity index (χ1) is 10.3. The number of hydrogen-bond donors (Lipinski definition) is 2. The van der Waals surface area contributed by atoms with Gasteiger partial charge in [0.15, 0.2) is 0 Å². The molecular formula is C18H22N2S. The molecule has 3 aromatic rings. The molecule has 0 saturated carbocycles. The summed E-state index contributed by atoms with van der Waals surface area (Å²) in [6.07, 6.45) is 2.47. The fourth-order valence-corrected chi connectivity index (χ4v) is 2.90. The quantitative estimate of drug-likeness (QED) is 0.556. The molecule has 3 rings (SSSR count). The van der Waals surface area contributed by atoms with Crippen LogP contribution in [0.5, 0.6) is 0 Å². The van der Waals surface area contributed by atoms with Gasteiger partial charge in [-0.3, -0.25) is 0 Å². The highest BCUT2D eigenvalue weighted by molar-refractivity contribution is 7.09. The van der Waals surface area contributed by atoms with Gasteiger partial charge in [0, 0.05) is 16.0 Å². The standard InChI is InChI=1S/C10H9N.C8H13NS/c11-10-7-3-5-8-4-1-2-6-9(8)10;1-9-6-2-4-8-5-3-7-10-8/h1-7H,11H2;3,5,7,9H,2,4,6H2,1H3. The Kier molecular flexibility index (Phi) is 6.25. The van der Waals surface area contributed by atoms with E-state index in [9.17, 15) is 0 Å². The van der Waals surface area contributed by atoms with Gasteiger partial charge < -0.3 is 11.1 Å². The fourth-order valence-electron chi connectivity index (χ4n) is 2.14. The number of hydrogen-bond acceptors (Lipinski definition) is 3. The van der Waals surface area contributed by atoms with Gasteiger partial charge in [-0.15, -0.1) is 11.3 Å². The second-order valence-corrected chi connectivity index (χ2v) is 5.89. The molecule has 0 aliphatic carbocycles. The van der Waals surface area contributed by atoms with Crippen LogP contribution in [0.1, 0.15) is 11.3 Å². The molecule has 0 unspecified atom stereocenters. The Morgan fingerprint density at radius 3 is 2.52 bits per heavy atom. The molecule has 0 atom stereocenters. The fraction of sp³-hybridized carbons (Fsp3) is 0.222. The second-order valence-electron chi connectivity index (χ2n) is 4.85. The third-order valence-corrected chi connectivity index (χ3v) is 4.19. The minimum absolute atomic E-state index is 0.850. The highest BCUT2D eigenvalue weighted by atomic mass is 32.1. The third-order valence-electron chi connectivity index (χ3n) is 3.25. The van der Waals surface area contributed by atoms with Crippen molar-refractivity contribution in [3.63, 3.8) is 0 Å². The van der Waals surface area contributed by atoms with Crippen LogP contribution in [0.4, 0.5) is 5.69 Å². The molecule has 1 heterocycles. The number of fused-ring (bicyclic) bond motifs is 1. The molecule has 0 radical (unpaired) electrons. The lowest BCUT2D eigenvalue weighted by atomic mass is 10.1. The van der Waals surface area contributed by atoms with E-state index in [1.54, 1.807) is 0 Å². The largest absolute Gasteiger partial charge is 0.398 e. The first kappa shape index (κ1) is 15.5. The maximum atomic E-state index is 5.76. The van der Waals surface area contributed by atoms with E-state index in [0.29, 0.717) is 0 Å². The van der Waals surface area contributed by atoms with Crippen LogP contribution < -0.4 is 11.1 Å². The molecule has 0 fully saturated rings. The van der Waals surface area contributed by atoms with Gasteiger partial charge in [-0.25, -0.2) is 0 Å². The van der Waals surface area contributed by atoms with E-state index in [2.05, 4.69) is 35.0 Å². The van der Waals surface area contributed by atoms with E-state index >= 15 is 0 Å². The van der Waals surface area contributed by atoms with E-state index in [1.807, 2.05) is 48.7 Å². The van der Waals surface area contributed by atoms with Crippen LogP contribution in [0.15, 0.2) is 60.0 Å². The molecule has 3 N–H and O–H groups in total. The average molecular weight is 298 g/mol.